The molecule has 0 bridgehead atoms. The van der Waals surface area contributed by atoms with Crippen LogP contribution in [-0.4, -0.2) is 5.91 Å². The molecule has 0 aromatic carbocycles. The van der Waals surface area contributed by atoms with Crippen LogP contribution in [0.4, 0.5) is 0 Å². The summed E-state index contributed by atoms with van der Waals surface area (Å²) in [4.78, 5) is 11.3. The van der Waals surface area contributed by atoms with Crippen LogP contribution in [0, 0.1) is 5.92 Å². The number of nitrogens with one attached hydrogen (secondary N) is 1. The SMILES string of the molecule is C=CNC(=O)C(C)CCCCCCCC. The molecule has 0 saturated carbocycles. The Hall–Kier alpha value is -0.790. The van der Waals surface area contributed by atoms with Gasteiger partial charge in [-0.3, -0.25) is 4.79 Å². The molecule has 1 N–H and O–H groups in total. The topological polar surface area (TPSA) is 29.1 Å². The highest BCUT2D eigenvalue weighted by Gasteiger charge is 2.09. The standard InChI is InChI=1S/C13H25NO/c1-4-6-7-8-9-10-11-12(3)13(15)14-5-2/h5,12H,2,4,6-11H2,1,3H3,(H,14,15). The Kier molecular flexibility index (Phi) is 9.24. The average molecular weight is 211 g/mol. The van der Waals surface area contributed by atoms with Crippen LogP contribution < -0.4 is 5.32 Å². The van der Waals surface area contributed by atoms with E-state index < -0.39 is 0 Å². The van der Waals surface area contributed by atoms with Crippen molar-refractivity contribution >= 4 is 5.91 Å². The summed E-state index contributed by atoms with van der Waals surface area (Å²) in [7, 11) is 0. The highest BCUT2D eigenvalue weighted by molar-refractivity contribution is 5.78. The fourth-order valence-electron chi connectivity index (χ4n) is 1.60. The van der Waals surface area contributed by atoms with E-state index in [4.69, 9.17) is 0 Å². The summed E-state index contributed by atoms with van der Waals surface area (Å²) in [5, 5.41) is 2.63. The van der Waals surface area contributed by atoms with Crippen molar-refractivity contribution in [3.05, 3.63) is 12.8 Å². The average Bonchev–Trinajstić information content (AvgIpc) is 2.23. The van der Waals surface area contributed by atoms with E-state index in [2.05, 4.69) is 18.8 Å². The maximum Gasteiger partial charge on any atom is 0.226 e. The molecule has 1 amide bonds. The minimum atomic E-state index is 0.0959. The Labute approximate surface area is 94.1 Å². The summed E-state index contributed by atoms with van der Waals surface area (Å²) < 4.78 is 0. The van der Waals surface area contributed by atoms with Crippen LogP contribution in [0.1, 0.15) is 58.8 Å². The fraction of sp³-hybridized carbons (Fsp3) is 0.769. The van der Waals surface area contributed by atoms with Gasteiger partial charge in [0.25, 0.3) is 0 Å². The van der Waals surface area contributed by atoms with Crippen LogP contribution in [0.25, 0.3) is 0 Å². The Morgan fingerprint density at radius 2 is 1.87 bits per heavy atom. The zero-order valence-electron chi connectivity index (χ0n) is 10.2. The molecule has 2 heteroatoms. The lowest BCUT2D eigenvalue weighted by Gasteiger charge is -2.09. The lowest BCUT2D eigenvalue weighted by atomic mass is 10.0. The van der Waals surface area contributed by atoms with Gasteiger partial charge in [-0.2, -0.15) is 0 Å². The number of hydrogen-bond donors (Lipinski definition) is 1. The molecule has 0 aromatic heterocycles. The van der Waals surface area contributed by atoms with E-state index in [1.165, 1.54) is 38.3 Å². The molecule has 0 aliphatic heterocycles. The molecule has 0 spiro atoms. The lowest BCUT2D eigenvalue weighted by molar-refractivity contribution is -0.123. The van der Waals surface area contributed by atoms with Gasteiger partial charge < -0.3 is 5.32 Å². The Morgan fingerprint density at radius 1 is 1.27 bits per heavy atom. The third-order valence-electron chi connectivity index (χ3n) is 2.68. The van der Waals surface area contributed by atoms with E-state index in [1.54, 1.807) is 0 Å². The summed E-state index contributed by atoms with van der Waals surface area (Å²) >= 11 is 0. The summed E-state index contributed by atoms with van der Waals surface area (Å²) in [6.07, 6.45) is 10.1. The number of carbonyl (C=O) groups is 1. The largest absolute Gasteiger partial charge is 0.333 e. The summed E-state index contributed by atoms with van der Waals surface area (Å²) in [6, 6.07) is 0. The predicted octanol–water partition coefficient (Wildman–Crippen LogP) is 3.63. The van der Waals surface area contributed by atoms with Crippen molar-refractivity contribution in [2.24, 2.45) is 5.92 Å². The van der Waals surface area contributed by atoms with Gasteiger partial charge >= 0.3 is 0 Å². The van der Waals surface area contributed by atoms with Crippen molar-refractivity contribution in [2.45, 2.75) is 58.8 Å². The van der Waals surface area contributed by atoms with Gasteiger partial charge in [0.1, 0.15) is 0 Å². The molecule has 15 heavy (non-hydrogen) atoms. The summed E-state index contributed by atoms with van der Waals surface area (Å²) in [6.45, 7) is 7.68. The van der Waals surface area contributed by atoms with E-state index in [9.17, 15) is 4.79 Å². The van der Waals surface area contributed by atoms with Gasteiger partial charge in [-0.25, -0.2) is 0 Å². The predicted molar refractivity (Wildman–Crippen MR) is 65.5 cm³/mol. The van der Waals surface area contributed by atoms with E-state index in [0.717, 1.165) is 12.8 Å². The van der Waals surface area contributed by atoms with E-state index in [-0.39, 0.29) is 11.8 Å². The molecule has 88 valence electrons. The first-order valence-corrected chi connectivity index (χ1v) is 6.13. The Balaban J connectivity index is 3.34. The van der Waals surface area contributed by atoms with Crippen molar-refractivity contribution in [1.82, 2.24) is 5.32 Å². The second-order valence-corrected chi connectivity index (χ2v) is 4.17. The zero-order valence-corrected chi connectivity index (χ0v) is 10.2. The molecule has 0 fully saturated rings. The van der Waals surface area contributed by atoms with Crippen LogP contribution in [0.3, 0.4) is 0 Å². The second-order valence-electron chi connectivity index (χ2n) is 4.17. The second kappa shape index (κ2) is 9.75. The molecule has 0 radical (unpaired) electrons. The van der Waals surface area contributed by atoms with Gasteiger partial charge in [-0.05, 0) is 12.6 Å². The van der Waals surface area contributed by atoms with E-state index in [0.29, 0.717) is 0 Å². The lowest BCUT2D eigenvalue weighted by Crippen LogP contribution is -2.24. The Bertz CT molecular complexity index is 177. The fourth-order valence-corrected chi connectivity index (χ4v) is 1.60. The number of carbonyl (C=O) groups excluding carboxylic acids is 1. The molecule has 0 rings (SSSR count). The minimum Gasteiger partial charge on any atom is -0.333 e. The number of unbranched alkanes of at least 4 members (excludes halogenated alkanes) is 5. The van der Waals surface area contributed by atoms with Crippen molar-refractivity contribution in [1.29, 1.82) is 0 Å². The van der Waals surface area contributed by atoms with E-state index >= 15 is 0 Å². The molecular weight excluding hydrogens is 186 g/mol. The van der Waals surface area contributed by atoms with Crippen molar-refractivity contribution in [3.8, 4) is 0 Å². The van der Waals surface area contributed by atoms with Gasteiger partial charge in [-0.1, -0.05) is 59.0 Å². The molecule has 0 aliphatic carbocycles. The smallest absolute Gasteiger partial charge is 0.226 e. The van der Waals surface area contributed by atoms with Crippen molar-refractivity contribution in [2.75, 3.05) is 0 Å². The summed E-state index contributed by atoms with van der Waals surface area (Å²) in [5.41, 5.74) is 0. The van der Waals surface area contributed by atoms with Crippen LogP contribution >= 0.6 is 0 Å². The first-order chi connectivity index (χ1) is 7.22. The maximum absolute atomic E-state index is 11.3. The molecule has 1 unspecified atom stereocenters. The monoisotopic (exact) mass is 211 g/mol. The molecule has 0 saturated heterocycles. The van der Waals surface area contributed by atoms with Gasteiger partial charge in [0, 0.05) is 5.92 Å². The summed E-state index contributed by atoms with van der Waals surface area (Å²) in [5.74, 6) is 0.215. The molecule has 0 heterocycles. The van der Waals surface area contributed by atoms with Crippen molar-refractivity contribution < 1.29 is 4.79 Å². The molecule has 0 aliphatic rings. The van der Waals surface area contributed by atoms with Gasteiger partial charge in [0.05, 0.1) is 0 Å². The maximum atomic E-state index is 11.3. The van der Waals surface area contributed by atoms with Gasteiger partial charge in [-0.15, -0.1) is 0 Å². The normalized spacial score (nSPS) is 12.1. The van der Waals surface area contributed by atoms with Crippen LogP contribution in [0.2, 0.25) is 0 Å². The quantitative estimate of drug-likeness (QED) is 0.580. The van der Waals surface area contributed by atoms with Crippen LogP contribution in [0.15, 0.2) is 12.8 Å². The first kappa shape index (κ1) is 14.2. The molecule has 0 aromatic rings. The molecule has 1 atom stereocenters. The number of hydrogen-bond acceptors (Lipinski definition) is 1. The molecule has 2 nitrogen and oxygen atoms in total. The number of rotatable bonds is 9. The van der Waals surface area contributed by atoms with Gasteiger partial charge in [0.2, 0.25) is 5.91 Å². The third-order valence-corrected chi connectivity index (χ3v) is 2.68. The Morgan fingerprint density at radius 3 is 2.47 bits per heavy atom. The highest BCUT2D eigenvalue weighted by Crippen LogP contribution is 2.11. The van der Waals surface area contributed by atoms with Gasteiger partial charge in [0.15, 0.2) is 0 Å². The zero-order chi connectivity index (χ0) is 11.5. The molecular formula is C13H25NO. The first-order valence-electron chi connectivity index (χ1n) is 6.13. The van der Waals surface area contributed by atoms with E-state index in [1.807, 2.05) is 6.92 Å². The number of amides is 1. The van der Waals surface area contributed by atoms with Crippen molar-refractivity contribution in [3.63, 3.8) is 0 Å². The van der Waals surface area contributed by atoms with Crippen LogP contribution in [-0.2, 0) is 4.79 Å². The van der Waals surface area contributed by atoms with Crippen LogP contribution in [0.5, 0.6) is 0 Å². The minimum absolute atomic E-state index is 0.0959. The third kappa shape index (κ3) is 8.22. The highest BCUT2D eigenvalue weighted by atomic mass is 16.1.